The van der Waals surface area contributed by atoms with Crippen LogP contribution in [0.5, 0.6) is 0 Å². The molecule has 1 rings (SSSR count). The van der Waals surface area contributed by atoms with Crippen molar-refractivity contribution in [3.63, 3.8) is 0 Å². The Kier molecular flexibility index (Phi) is 1.77. The van der Waals surface area contributed by atoms with Gasteiger partial charge in [-0.05, 0) is 6.07 Å². The maximum absolute atomic E-state index is 10.7. The van der Waals surface area contributed by atoms with Crippen LogP contribution in [0.15, 0.2) is 17.1 Å². The van der Waals surface area contributed by atoms with Crippen LogP contribution in [-0.4, -0.2) is 15.0 Å². The molecule has 0 unspecified atom stereocenters. The zero-order chi connectivity index (χ0) is 7.56. The van der Waals surface area contributed by atoms with Gasteiger partial charge in [-0.15, -0.1) is 0 Å². The Labute approximate surface area is 62.3 Å². The molecule has 0 atom stereocenters. The first kappa shape index (κ1) is 6.88. The second-order valence-corrected chi connectivity index (χ2v) is 1.86. The average molecular weight is 155 g/mol. The Morgan fingerprint density at radius 3 is 3.00 bits per heavy atom. The maximum atomic E-state index is 10.7. The van der Waals surface area contributed by atoms with Crippen LogP contribution >= 0.6 is 12.2 Å². The first-order valence-corrected chi connectivity index (χ1v) is 3.01. The number of aromatic nitrogens is 2. The Bertz CT molecular complexity index is 306. The lowest BCUT2D eigenvalue weighted by Crippen LogP contribution is -2.21. The molecular weight excluding hydrogens is 150 g/mol. The van der Waals surface area contributed by atoms with Gasteiger partial charge in [0.25, 0.3) is 0 Å². The highest BCUT2D eigenvalue weighted by atomic mass is 32.1. The fraction of sp³-hybridized carbons (Fsp3) is 0. The van der Waals surface area contributed by atoms with Crippen LogP contribution in [0.3, 0.4) is 0 Å². The summed E-state index contributed by atoms with van der Waals surface area (Å²) in [6.45, 7) is 0. The van der Waals surface area contributed by atoms with Crippen LogP contribution in [0, 0.1) is 0 Å². The van der Waals surface area contributed by atoms with Crippen LogP contribution in [0.1, 0.15) is 0 Å². The van der Waals surface area contributed by atoms with Gasteiger partial charge >= 0.3 is 5.69 Å². The van der Waals surface area contributed by atoms with Gasteiger partial charge in [-0.1, -0.05) is 12.2 Å². The molecule has 0 aliphatic rings. The fourth-order valence-corrected chi connectivity index (χ4v) is 0.667. The summed E-state index contributed by atoms with van der Waals surface area (Å²) in [6.07, 6.45) is 1.47. The normalized spacial score (nSPS) is 9.20. The Morgan fingerprint density at radius 1 is 1.80 bits per heavy atom. The van der Waals surface area contributed by atoms with Gasteiger partial charge in [0.05, 0.1) is 5.49 Å². The third-order valence-corrected chi connectivity index (χ3v) is 1.19. The predicted molar refractivity (Wildman–Crippen MR) is 42.0 cm³/mol. The second-order valence-electron chi connectivity index (χ2n) is 1.65. The summed E-state index contributed by atoms with van der Waals surface area (Å²) < 4.78 is 1.17. The molecule has 10 heavy (non-hydrogen) atoms. The quantitative estimate of drug-likeness (QED) is 0.562. The number of hydrogen-bond acceptors (Lipinski definition) is 4. The third-order valence-electron chi connectivity index (χ3n) is 0.965. The molecule has 0 aliphatic heterocycles. The molecule has 5 heteroatoms. The standard InChI is InChI=1S/C5H5N3OS/c6-4-1-2-8(3-10)5(9)7-4/h1-3H,(H2,6,7,9). The summed E-state index contributed by atoms with van der Waals surface area (Å²) in [5.41, 5.74) is 5.96. The molecule has 1 aromatic heterocycles. The molecule has 0 aliphatic carbocycles. The molecule has 0 saturated carbocycles. The van der Waals surface area contributed by atoms with Crippen molar-refractivity contribution in [2.45, 2.75) is 0 Å². The van der Waals surface area contributed by atoms with Crippen molar-refractivity contribution in [1.29, 1.82) is 0 Å². The minimum atomic E-state index is -0.449. The summed E-state index contributed by atoms with van der Waals surface area (Å²) in [4.78, 5) is 14.2. The number of thiocarbonyl (C=S) groups is 1. The molecule has 52 valence electrons. The molecule has 1 aromatic rings. The van der Waals surface area contributed by atoms with Crippen molar-refractivity contribution < 1.29 is 0 Å². The maximum Gasteiger partial charge on any atom is 0.354 e. The average Bonchev–Trinajstić information content (AvgIpc) is 1.88. The lowest BCUT2D eigenvalue weighted by Gasteiger charge is -1.93. The fourth-order valence-electron chi connectivity index (χ4n) is 0.506. The van der Waals surface area contributed by atoms with Gasteiger partial charge in [0, 0.05) is 6.20 Å². The largest absolute Gasteiger partial charge is 0.383 e. The van der Waals surface area contributed by atoms with E-state index in [9.17, 15) is 4.79 Å². The van der Waals surface area contributed by atoms with Crippen molar-refractivity contribution in [3.8, 4) is 0 Å². The number of anilines is 1. The van der Waals surface area contributed by atoms with E-state index in [1.165, 1.54) is 22.3 Å². The van der Waals surface area contributed by atoms with Crippen molar-refractivity contribution in [1.82, 2.24) is 9.55 Å². The number of nitrogen functional groups attached to an aromatic ring is 1. The number of hydrogen-bond donors (Lipinski definition) is 1. The lowest BCUT2D eigenvalue weighted by atomic mass is 10.6. The number of rotatable bonds is 1. The molecule has 4 nitrogen and oxygen atoms in total. The minimum Gasteiger partial charge on any atom is -0.383 e. The molecule has 0 fully saturated rings. The van der Waals surface area contributed by atoms with E-state index in [1.54, 1.807) is 0 Å². The van der Waals surface area contributed by atoms with E-state index in [0.29, 0.717) is 0 Å². The molecular formula is C5H5N3OS. The molecule has 0 amide bonds. The SMILES string of the molecule is Nc1ccn(C=S)c(=O)n1. The van der Waals surface area contributed by atoms with Gasteiger partial charge in [-0.3, -0.25) is 4.57 Å². The number of nitrogens with two attached hydrogens (primary N) is 1. The van der Waals surface area contributed by atoms with E-state index < -0.39 is 5.69 Å². The molecule has 0 aromatic carbocycles. The van der Waals surface area contributed by atoms with Crippen LogP contribution in [0.25, 0.3) is 0 Å². The van der Waals surface area contributed by atoms with Gasteiger partial charge in [0.2, 0.25) is 0 Å². The lowest BCUT2D eigenvalue weighted by molar-refractivity contribution is 0.996. The zero-order valence-electron chi connectivity index (χ0n) is 5.02. The smallest absolute Gasteiger partial charge is 0.354 e. The monoisotopic (exact) mass is 155 g/mol. The molecule has 2 N–H and O–H groups in total. The first-order valence-electron chi connectivity index (χ1n) is 2.54. The second kappa shape index (κ2) is 2.57. The van der Waals surface area contributed by atoms with Crippen molar-refractivity contribution in [2.24, 2.45) is 0 Å². The highest BCUT2D eigenvalue weighted by Gasteiger charge is 1.91. The van der Waals surface area contributed by atoms with E-state index in [4.69, 9.17) is 5.73 Å². The van der Waals surface area contributed by atoms with Crippen molar-refractivity contribution in [2.75, 3.05) is 5.73 Å². The summed E-state index contributed by atoms with van der Waals surface area (Å²) >= 11 is 4.51. The van der Waals surface area contributed by atoms with Crippen LogP contribution in [-0.2, 0) is 0 Å². The molecule has 0 spiro atoms. The third kappa shape index (κ3) is 1.19. The molecule has 0 saturated heterocycles. The molecule has 1 heterocycles. The highest BCUT2D eigenvalue weighted by molar-refractivity contribution is 7.78. The summed E-state index contributed by atoms with van der Waals surface area (Å²) in [7, 11) is 0. The topological polar surface area (TPSA) is 60.9 Å². The Hall–Kier alpha value is -1.23. The van der Waals surface area contributed by atoms with E-state index in [-0.39, 0.29) is 5.82 Å². The predicted octanol–water partition coefficient (Wildman–Crippen LogP) is -0.369. The van der Waals surface area contributed by atoms with E-state index in [2.05, 4.69) is 17.2 Å². The van der Waals surface area contributed by atoms with E-state index in [1.807, 2.05) is 0 Å². The van der Waals surface area contributed by atoms with Gasteiger partial charge < -0.3 is 5.73 Å². The number of nitrogens with zero attached hydrogens (tertiary/aromatic N) is 2. The summed E-state index contributed by atoms with van der Waals surface area (Å²) in [6, 6.07) is 1.50. The Balaban J connectivity index is 3.33. The van der Waals surface area contributed by atoms with E-state index >= 15 is 0 Å². The van der Waals surface area contributed by atoms with Crippen molar-refractivity contribution in [3.05, 3.63) is 22.7 Å². The van der Waals surface area contributed by atoms with Crippen LogP contribution < -0.4 is 11.4 Å². The molecule has 0 bridgehead atoms. The van der Waals surface area contributed by atoms with Gasteiger partial charge in [0.15, 0.2) is 0 Å². The summed E-state index contributed by atoms with van der Waals surface area (Å²) in [5, 5.41) is 0. The van der Waals surface area contributed by atoms with E-state index in [0.717, 1.165) is 0 Å². The van der Waals surface area contributed by atoms with Gasteiger partial charge in [0.1, 0.15) is 5.82 Å². The van der Waals surface area contributed by atoms with Crippen LogP contribution in [0.2, 0.25) is 0 Å². The van der Waals surface area contributed by atoms with Crippen LogP contribution in [0.4, 0.5) is 5.82 Å². The Morgan fingerprint density at radius 2 is 2.50 bits per heavy atom. The highest BCUT2D eigenvalue weighted by Crippen LogP contribution is 1.86. The molecule has 0 radical (unpaired) electrons. The first-order chi connectivity index (χ1) is 4.74. The van der Waals surface area contributed by atoms with Gasteiger partial charge in [-0.25, -0.2) is 4.79 Å². The minimum absolute atomic E-state index is 0.207. The van der Waals surface area contributed by atoms with Gasteiger partial charge in [-0.2, -0.15) is 4.98 Å². The summed E-state index contributed by atoms with van der Waals surface area (Å²) in [5.74, 6) is 0.207. The van der Waals surface area contributed by atoms with Crippen molar-refractivity contribution >= 4 is 23.5 Å². The zero-order valence-corrected chi connectivity index (χ0v) is 5.84.